The van der Waals surface area contributed by atoms with Gasteiger partial charge < -0.3 is 10.3 Å². The number of rotatable bonds is 5. The Morgan fingerprint density at radius 1 is 1.23 bits per heavy atom. The van der Waals surface area contributed by atoms with Gasteiger partial charge in [0, 0.05) is 37.5 Å². The van der Waals surface area contributed by atoms with Crippen molar-refractivity contribution in [3.63, 3.8) is 0 Å². The van der Waals surface area contributed by atoms with E-state index in [4.69, 9.17) is 5.73 Å². The van der Waals surface area contributed by atoms with Crippen LogP contribution >= 0.6 is 0 Å². The first-order chi connectivity index (χ1) is 12.7. The number of aromatic nitrogens is 4. The average molecular weight is 350 g/mol. The Morgan fingerprint density at radius 2 is 2.08 bits per heavy atom. The summed E-state index contributed by atoms with van der Waals surface area (Å²) in [6, 6.07) is 11.9. The van der Waals surface area contributed by atoms with Gasteiger partial charge in [-0.2, -0.15) is 0 Å². The van der Waals surface area contributed by atoms with E-state index in [0.717, 1.165) is 44.1 Å². The lowest BCUT2D eigenvalue weighted by atomic mass is 10.1. The van der Waals surface area contributed by atoms with Crippen molar-refractivity contribution < 1.29 is 0 Å². The van der Waals surface area contributed by atoms with Gasteiger partial charge >= 0.3 is 0 Å². The van der Waals surface area contributed by atoms with E-state index in [1.807, 2.05) is 18.5 Å². The summed E-state index contributed by atoms with van der Waals surface area (Å²) in [4.78, 5) is 25.3. The van der Waals surface area contributed by atoms with Crippen LogP contribution in [0, 0.1) is 0 Å². The van der Waals surface area contributed by atoms with Crippen LogP contribution in [0.1, 0.15) is 29.4 Å². The fraction of sp³-hybridized carbons (Fsp3) is 0.316. The summed E-state index contributed by atoms with van der Waals surface area (Å²) < 4.78 is 2.19. The summed E-state index contributed by atoms with van der Waals surface area (Å²) in [7, 11) is 0. The molecule has 7 heteroatoms. The standard InChI is InChI=1S/C19H22N6O/c20-19-22-16(10-18(26)23-19)15-6-8-24(12-15)13-17-21-7-9-25(17)11-14-4-2-1-3-5-14/h1-5,7,9-10,15H,6,8,11-13H2,(H3,20,22,23,26). The Balaban J connectivity index is 1.43. The van der Waals surface area contributed by atoms with Gasteiger partial charge in [-0.05, 0) is 18.5 Å². The first kappa shape index (κ1) is 16.5. The number of hydrogen-bond donors (Lipinski definition) is 2. The van der Waals surface area contributed by atoms with E-state index in [1.54, 1.807) is 6.07 Å². The van der Waals surface area contributed by atoms with Crippen molar-refractivity contribution in [1.82, 2.24) is 24.4 Å². The number of anilines is 1. The van der Waals surface area contributed by atoms with Gasteiger partial charge in [-0.25, -0.2) is 9.97 Å². The van der Waals surface area contributed by atoms with Gasteiger partial charge in [-0.3, -0.25) is 14.7 Å². The molecule has 0 radical (unpaired) electrons. The molecule has 3 N–H and O–H groups in total. The zero-order chi connectivity index (χ0) is 17.9. The molecular weight excluding hydrogens is 328 g/mol. The van der Waals surface area contributed by atoms with Gasteiger partial charge in [-0.1, -0.05) is 30.3 Å². The zero-order valence-corrected chi connectivity index (χ0v) is 14.5. The minimum Gasteiger partial charge on any atom is -0.369 e. The monoisotopic (exact) mass is 350 g/mol. The number of hydrogen-bond acceptors (Lipinski definition) is 5. The highest BCUT2D eigenvalue weighted by Gasteiger charge is 2.26. The third-order valence-electron chi connectivity index (χ3n) is 4.83. The van der Waals surface area contributed by atoms with Crippen molar-refractivity contribution in [3.05, 3.63) is 76.2 Å². The second-order valence-corrected chi connectivity index (χ2v) is 6.73. The van der Waals surface area contributed by atoms with Crippen molar-refractivity contribution in [3.8, 4) is 0 Å². The van der Waals surface area contributed by atoms with Crippen LogP contribution in [0.15, 0.2) is 53.6 Å². The van der Waals surface area contributed by atoms with Crippen LogP contribution in [-0.4, -0.2) is 37.5 Å². The molecule has 1 aliphatic heterocycles. The maximum atomic E-state index is 11.6. The van der Waals surface area contributed by atoms with Gasteiger partial charge in [0.25, 0.3) is 5.56 Å². The molecule has 0 aliphatic carbocycles. The minimum atomic E-state index is -0.190. The van der Waals surface area contributed by atoms with Gasteiger partial charge in [0.15, 0.2) is 0 Å². The van der Waals surface area contributed by atoms with E-state index in [9.17, 15) is 4.79 Å². The van der Waals surface area contributed by atoms with Crippen LogP contribution in [0.2, 0.25) is 0 Å². The highest BCUT2D eigenvalue weighted by molar-refractivity contribution is 5.21. The summed E-state index contributed by atoms with van der Waals surface area (Å²) in [5, 5.41) is 0. The molecule has 26 heavy (non-hydrogen) atoms. The highest BCUT2D eigenvalue weighted by Crippen LogP contribution is 2.26. The topological polar surface area (TPSA) is 92.8 Å². The third-order valence-corrected chi connectivity index (χ3v) is 4.83. The van der Waals surface area contributed by atoms with E-state index < -0.39 is 0 Å². The number of nitrogens with two attached hydrogens (primary N) is 1. The molecule has 1 aromatic carbocycles. The Labute approximate surface area is 151 Å². The molecule has 1 unspecified atom stereocenters. The SMILES string of the molecule is Nc1nc(C2CCN(Cc3nccn3Cc3ccccc3)C2)cc(=O)[nH]1. The predicted molar refractivity (Wildman–Crippen MR) is 99.7 cm³/mol. The Morgan fingerprint density at radius 3 is 2.88 bits per heavy atom. The average Bonchev–Trinajstić information content (AvgIpc) is 3.25. The van der Waals surface area contributed by atoms with E-state index >= 15 is 0 Å². The van der Waals surface area contributed by atoms with Crippen LogP contribution < -0.4 is 11.3 Å². The molecule has 1 aliphatic rings. The number of nitrogens with zero attached hydrogens (tertiary/aromatic N) is 4. The van der Waals surface area contributed by atoms with Crippen LogP contribution in [-0.2, 0) is 13.1 Å². The van der Waals surface area contributed by atoms with Crippen LogP contribution in [0.5, 0.6) is 0 Å². The number of nitrogen functional groups attached to an aromatic ring is 1. The van der Waals surface area contributed by atoms with E-state index in [-0.39, 0.29) is 17.4 Å². The molecule has 0 amide bonds. The minimum absolute atomic E-state index is 0.185. The second kappa shape index (κ2) is 7.13. The summed E-state index contributed by atoms with van der Waals surface area (Å²) in [6.45, 7) is 3.42. The van der Waals surface area contributed by atoms with Crippen molar-refractivity contribution in [2.45, 2.75) is 25.4 Å². The molecule has 3 heterocycles. The summed E-state index contributed by atoms with van der Waals surface area (Å²) >= 11 is 0. The van der Waals surface area contributed by atoms with Crippen LogP contribution in [0.4, 0.5) is 5.95 Å². The van der Waals surface area contributed by atoms with Gasteiger partial charge in [0.05, 0.1) is 12.2 Å². The van der Waals surface area contributed by atoms with Crippen molar-refractivity contribution in [1.29, 1.82) is 0 Å². The largest absolute Gasteiger partial charge is 0.369 e. The number of aromatic amines is 1. The fourth-order valence-electron chi connectivity index (χ4n) is 3.54. The molecule has 1 atom stereocenters. The third kappa shape index (κ3) is 3.67. The quantitative estimate of drug-likeness (QED) is 0.729. The van der Waals surface area contributed by atoms with Gasteiger partial charge in [-0.15, -0.1) is 0 Å². The molecule has 1 fully saturated rings. The lowest BCUT2D eigenvalue weighted by molar-refractivity contribution is 0.313. The molecule has 7 nitrogen and oxygen atoms in total. The number of nitrogens with one attached hydrogen (secondary N) is 1. The molecule has 0 saturated carbocycles. The molecule has 0 spiro atoms. The van der Waals surface area contributed by atoms with Crippen molar-refractivity contribution >= 4 is 5.95 Å². The maximum absolute atomic E-state index is 11.6. The molecule has 1 saturated heterocycles. The molecule has 0 bridgehead atoms. The lowest BCUT2D eigenvalue weighted by Gasteiger charge is -2.17. The molecule has 134 valence electrons. The number of likely N-dealkylation sites (tertiary alicyclic amines) is 1. The van der Waals surface area contributed by atoms with E-state index in [0.29, 0.717) is 0 Å². The summed E-state index contributed by atoms with van der Waals surface area (Å²) in [5.74, 6) is 1.47. The molecule has 3 aromatic rings. The zero-order valence-electron chi connectivity index (χ0n) is 14.5. The summed E-state index contributed by atoms with van der Waals surface area (Å²) in [6.07, 6.45) is 4.84. The fourth-order valence-corrected chi connectivity index (χ4v) is 3.54. The maximum Gasteiger partial charge on any atom is 0.252 e. The van der Waals surface area contributed by atoms with Crippen molar-refractivity contribution in [2.24, 2.45) is 0 Å². The Bertz CT molecular complexity index is 932. The number of benzene rings is 1. The Kier molecular flexibility index (Phi) is 4.53. The van der Waals surface area contributed by atoms with Crippen LogP contribution in [0.3, 0.4) is 0 Å². The van der Waals surface area contributed by atoms with Crippen molar-refractivity contribution in [2.75, 3.05) is 18.8 Å². The van der Waals surface area contributed by atoms with E-state index in [2.05, 4.69) is 48.7 Å². The smallest absolute Gasteiger partial charge is 0.252 e. The highest BCUT2D eigenvalue weighted by atomic mass is 16.1. The van der Waals surface area contributed by atoms with Crippen LogP contribution in [0.25, 0.3) is 0 Å². The Hall–Kier alpha value is -2.93. The van der Waals surface area contributed by atoms with Gasteiger partial charge in [0.2, 0.25) is 5.95 Å². The van der Waals surface area contributed by atoms with E-state index in [1.165, 1.54) is 5.56 Å². The number of imidazole rings is 1. The second-order valence-electron chi connectivity index (χ2n) is 6.73. The lowest BCUT2D eigenvalue weighted by Crippen LogP contribution is -2.23. The first-order valence-corrected chi connectivity index (χ1v) is 8.80. The normalized spacial score (nSPS) is 17.6. The molecule has 4 rings (SSSR count). The predicted octanol–water partition coefficient (Wildman–Crippen LogP) is 1.59. The first-order valence-electron chi connectivity index (χ1n) is 8.80. The van der Waals surface area contributed by atoms with Gasteiger partial charge in [0.1, 0.15) is 5.82 Å². The molecular formula is C19H22N6O. The summed E-state index contributed by atoms with van der Waals surface area (Å²) in [5.41, 5.74) is 7.52. The number of H-pyrrole nitrogens is 1. The molecule has 2 aromatic heterocycles.